The average molecular weight is 408 g/mol. The molecule has 0 saturated heterocycles. The number of rotatable bonds is 6. The molecule has 4 N–H and O–H groups in total. The molecule has 0 radical (unpaired) electrons. The van der Waals surface area contributed by atoms with Crippen LogP contribution in [0.4, 0.5) is 0 Å². The topological polar surface area (TPSA) is 118 Å². The molecule has 0 spiro atoms. The van der Waals surface area contributed by atoms with E-state index >= 15 is 0 Å². The molecule has 28 heavy (non-hydrogen) atoms. The molecule has 2 fully saturated rings. The second-order valence-electron chi connectivity index (χ2n) is 8.45. The van der Waals surface area contributed by atoms with E-state index in [1.54, 1.807) is 23.8 Å². The first-order chi connectivity index (χ1) is 13.2. The van der Waals surface area contributed by atoms with Gasteiger partial charge in [0.1, 0.15) is 0 Å². The summed E-state index contributed by atoms with van der Waals surface area (Å²) < 4.78 is 29.2. The van der Waals surface area contributed by atoms with Crippen molar-refractivity contribution in [2.75, 3.05) is 6.54 Å². The zero-order valence-corrected chi connectivity index (χ0v) is 16.8. The highest BCUT2D eigenvalue weighted by Gasteiger charge is 2.54. The molecule has 0 unspecified atom stereocenters. The van der Waals surface area contributed by atoms with Gasteiger partial charge in [0.05, 0.1) is 11.3 Å². The monoisotopic (exact) mass is 407 g/mol. The van der Waals surface area contributed by atoms with Gasteiger partial charge in [-0.1, -0.05) is 49.1 Å². The van der Waals surface area contributed by atoms with Crippen molar-refractivity contribution in [2.45, 2.75) is 49.8 Å². The normalized spacial score (nSPS) is 28.9. The number of hydrogen-bond acceptors (Lipinski definition) is 4. The standard InChI is InChI=1S/C15H23NO2.C6H6O3S/c16-9-15(8-14(17)18)7-12-5-11(6-13(12)15)4-10-2-1-3-10;7-10(8,9)6-4-2-1-3-5-6/h6,10,12-13H,1-5,7-9,16H2,(H,17,18);1-5H,(H,7,8,9)/t12-,13-,15-;/m1./s1. The van der Waals surface area contributed by atoms with E-state index in [0.717, 1.165) is 12.3 Å². The molecule has 3 aliphatic carbocycles. The second kappa shape index (κ2) is 8.35. The predicted molar refractivity (Wildman–Crippen MR) is 106 cm³/mol. The molecular formula is C21H29NO5S. The average Bonchev–Trinajstić information content (AvgIpc) is 2.94. The molecule has 1 aromatic rings. The molecule has 4 rings (SSSR count). The van der Waals surface area contributed by atoms with E-state index in [1.807, 2.05) is 0 Å². The van der Waals surface area contributed by atoms with Gasteiger partial charge < -0.3 is 10.8 Å². The third-order valence-electron chi connectivity index (χ3n) is 6.55. The van der Waals surface area contributed by atoms with E-state index in [1.165, 1.54) is 44.2 Å². The predicted octanol–water partition coefficient (Wildman–Crippen LogP) is 3.50. The molecule has 2 saturated carbocycles. The minimum absolute atomic E-state index is 0.0741. The molecule has 154 valence electrons. The first-order valence-corrected chi connectivity index (χ1v) is 11.3. The maximum atomic E-state index is 11.0. The maximum absolute atomic E-state index is 11.0. The van der Waals surface area contributed by atoms with Crippen LogP contribution >= 0.6 is 0 Å². The number of carbonyl (C=O) groups is 1. The molecule has 0 heterocycles. The number of aliphatic carboxylic acids is 1. The van der Waals surface area contributed by atoms with Crippen molar-refractivity contribution in [2.24, 2.45) is 28.9 Å². The maximum Gasteiger partial charge on any atom is 0.303 e. The highest BCUT2D eigenvalue weighted by atomic mass is 32.2. The smallest absolute Gasteiger partial charge is 0.303 e. The van der Waals surface area contributed by atoms with Crippen molar-refractivity contribution in [1.29, 1.82) is 0 Å². The fraction of sp³-hybridized carbons (Fsp3) is 0.571. The zero-order chi connectivity index (χ0) is 20.4. The van der Waals surface area contributed by atoms with Crippen LogP contribution in [0.3, 0.4) is 0 Å². The van der Waals surface area contributed by atoms with Crippen LogP contribution in [0.1, 0.15) is 44.9 Å². The van der Waals surface area contributed by atoms with Crippen LogP contribution in [-0.2, 0) is 14.9 Å². The van der Waals surface area contributed by atoms with E-state index in [9.17, 15) is 13.2 Å². The number of allylic oxidation sites excluding steroid dienone is 2. The number of fused-ring (bicyclic) bond motifs is 1. The van der Waals surface area contributed by atoms with Crippen molar-refractivity contribution in [3.8, 4) is 0 Å². The Morgan fingerprint density at radius 1 is 1.21 bits per heavy atom. The molecule has 3 aliphatic rings. The fourth-order valence-electron chi connectivity index (χ4n) is 4.89. The summed E-state index contributed by atoms with van der Waals surface area (Å²) in [5.74, 6) is 1.37. The van der Waals surface area contributed by atoms with Gasteiger partial charge in [-0.2, -0.15) is 8.42 Å². The molecule has 0 aliphatic heterocycles. The Balaban J connectivity index is 0.000000192. The van der Waals surface area contributed by atoms with Crippen LogP contribution < -0.4 is 5.73 Å². The van der Waals surface area contributed by atoms with Gasteiger partial charge in [0.15, 0.2) is 0 Å². The third-order valence-corrected chi connectivity index (χ3v) is 7.42. The SMILES string of the molecule is NC[C@]1(CC(=O)O)C[C@H]2CC(CC3CCC3)=C[C@H]21.O=S(=O)(O)c1ccccc1. The summed E-state index contributed by atoms with van der Waals surface area (Å²) in [7, 11) is -4.00. The lowest BCUT2D eigenvalue weighted by Gasteiger charge is -2.51. The first-order valence-electron chi connectivity index (χ1n) is 9.87. The van der Waals surface area contributed by atoms with E-state index in [0.29, 0.717) is 18.4 Å². The van der Waals surface area contributed by atoms with Crippen molar-refractivity contribution in [1.82, 2.24) is 0 Å². The molecule has 7 heteroatoms. The van der Waals surface area contributed by atoms with Gasteiger partial charge in [-0.25, -0.2) is 0 Å². The zero-order valence-electron chi connectivity index (χ0n) is 16.0. The lowest BCUT2D eigenvalue weighted by Crippen LogP contribution is -2.51. The number of carboxylic acid groups (broad SMARTS) is 1. The molecule has 0 aromatic heterocycles. The van der Waals surface area contributed by atoms with Crippen LogP contribution in [0, 0.1) is 23.2 Å². The second-order valence-corrected chi connectivity index (χ2v) is 9.87. The molecular weight excluding hydrogens is 378 g/mol. The summed E-state index contributed by atoms with van der Waals surface area (Å²) in [5, 5.41) is 9.05. The Morgan fingerprint density at radius 2 is 1.89 bits per heavy atom. The van der Waals surface area contributed by atoms with Crippen molar-refractivity contribution >= 4 is 16.1 Å². The minimum atomic E-state index is -4.00. The van der Waals surface area contributed by atoms with E-state index in [-0.39, 0.29) is 16.7 Å². The van der Waals surface area contributed by atoms with E-state index in [4.69, 9.17) is 15.4 Å². The molecule has 3 atom stereocenters. The summed E-state index contributed by atoms with van der Waals surface area (Å²) in [6.45, 7) is 0.522. The number of carboxylic acids is 1. The van der Waals surface area contributed by atoms with Crippen molar-refractivity contribution in [3.05, 3.63) is 42.0 Å². The lowest BCUT2D eigenvalue weighted by molar-refractivity contribution is -0.144. The molecule has 0 amide bonds. The van der Waals surface area contributed by atoms with Gasteiger partial charge in [0.2, 0.25) is 0 Å². The highest BCUT2D eigenvalue weighted by molar-refractivity contribution is 7.85. The van der Waals surface area contributed by atoms with Gasteiger partial charge in [-0.3, -0.25) is 9.35 Å². The van der Waals surface area contributed by atoms with Gasteiger partial charge in [-0.05, 0) is 61.1 Å². The van der Waals surface area contributed by atoms with Crippen LogP contribution in [0.25, 0.3) is 0 Å². The first kappa shape index (κ1) is 21.0. The number of hydrogen-bond donors (Lipinski definition) is 3. The van der Waals surface area contributed by atoms with Gasteiger partial charge in [-0.15, -0.1) is 0 Å². The number of benzene rings is 1. The van der Waals surface area contributed by atoms with Crippen molar-refractivity contribution in [3.63, 3.8) is 0 Å². The van der Waals surface area contributed by atoms with Crippen LogP contribution in [0.5, 0.6) is 0 Å². The lowest BCUT2D eigenvalue weighted by atomic mass is 9.53. The van der Waals surface area contributed by atoms with Gasteiger partial charge >= 0.3 is 5.97 Å². The summed E-state index contributed by atoms with van der Waals surface area (Å²) in [5.41, 5.74) is 7.33. The third kappa shape index (κ3) is 4.64. The summed E-state index contributed by atoms with van der Waals surface area (Å²) in [6, 6.07) is 7.42. The molecule has 1 aromatic carbocycles. The Labute approximate surface area is 166 Å². The summed E-state index contributed by atoms with van der Waals surface area (Å²) >= 11 is 0. The van der Waals surface area contributed by atoms with Crippen LogP contribution in [0.2, 0.25) is 0 Å². The van der Waals surface area contributed by atoms with E-state index < -0.39 is 16.1 Å². The number of nitrogens with two attached hydrogens (primary N) is 1. The summed E-state index contributed by atoms with van der Waals surface area (Å²) in [4.78, 5) is 10.9. The van der Waals surface area contributed by atoms with Crippen LogP contribution in [-0.4, -0.2) is 30.6 Å². The quantitative estimate of drug-likeness (QED) is 0.491. The van der Waals surface area contributed by atoms with Gasteiger partial charge in [0.25, 0.3) is 10.1 Å². The Kier molecular flexibility index (Phi) is 6.27. The van der Waals surface area contributed by atoms with Crippen molar-refractivity contribution < 1.29 is 22.9 Å². The molecule has 6 nitrogen and oxygen atoms in total. The Hall–Kier alpha value is -1.70. The fourth-order valence-corrected chi connectivity index (χ4v) is 5.39. The largest absolute Gasteiger partial charge is 0.481 e. The highest BCUT2D eigenvalue weighted by Crippen LogP contribution is 2.60. The summed E-state index contributed by atoms with van der Waals surface area (Å²) in [6.07, 6.45) is 10.3. The molecule has 0 bridgehead atoms. The Morgan fingerprint density at radius 3 is 2.36 bits per heavy atom. The van der Waals surface area contributed by atoms with E-state index in [2.05, 4.69) is 6.08 Å². The minimum Gasteiger partial charge on any atom is -0.481 e. The van der Waals surface area contributed by atoms with Crippen LogP contribution in [0.15, 0.2) is 46.9 Å². The Bertz CT molecular complexity index is 832. The van der Waals surface area contributed by atoms with Gasteiger partial charge in [0, 0.05) is 0 Å².